The number of hydrogen-bond acceptors (Lipinski definition) is 4. The molecule has 0 aliphatic carbocycles. The Kier molecular flexibility index (Phi) is 4.73. The topological polar surface area (TPSA) is 93.0 Å². The van der Waals surface area contributed by atoms with Crippen molar-refractivity contribution in [2.45, 2.75) is 6.42 Å². The number of rotatable bonds is 6. The molecule has 1 amide bonds. The van der Waals surface area contributed by atoms with Crippen molar-refractivity contribution < 1.29 is 9.53 Å². The number of aromatic nitrogens is 2. The molecule has 0 aliphatic rings. The molecule has 0 aliphatic heterocycles. The van der Waals surface area contributed by atoms with E-state index in [2.05, 4.69) is 15.5 Å². The molecule has 1 aromatic heterocycles. The molecule has 0 saturated carbocycles. The van der Waals surface area contributed by atoms with Gasteiger partial charge in [0.2, 0.25) is 0 Å². The number of nitrogens with zero attached hydrogens (tertiary/aromatic N) is 1. The van der Waals surface area contributed by atoms with Crippen molar-refractivity contribution in [2.75, 3.05) is 20.2 Å². The summed E-state index contributed by atoms with van der Waals surface area (Å²) in [6, 6.07) is 7.44. The van der Waals surface area contributed by atoms with Crippen LogP contribution in [0, 0.1) is 0 Å². The Morgan fingerprint density at radius 3 is 2.80 bits per heavy atom. The van der Waals surface area contributed by atoms with E-state index >= 15 is 0 Å². The van der Waals surface area contributed by atoms with E-state index in [0.717, 1.165) is 17.7 Å². The van der Waals surface area contributed by atoms with Crippen LogP contribution in [0.2, 0.25) is 0 Å². The van der Waals surface area contributed by atoms with Crippen LogP contribution in [0.4, 0.5) is 0 Å². The predicted octanol–water partition coefficient (Wildman–Crippen LogP) is 1.16. The Bertz CT molecular complexity index is 563. The van der Waals surface area contributed by atoms with Crippen molar-refractivity contribution in [3.63, 3.8) is 0 Å². The van der Waals surface area contributed by atoms with Crippen LogP contribution in [0.1, 0.15) is 16.8 Å². The molecule has 0 fully saturated rings. The molecular formula is C14H18N4O2. The molecule has 0 saturated heterocycles. The number of aromatic amines is 1. The van der Waals surface area contributed by atoms with Crippen molar-refractivity contribution >= 4 is 5.91 Å². The van der Waals surface area contributed by atoms with E-state index in [4.69, 9.17) is 10.5 Å². The average Bonchev–Trinajstić information content (AvgIpc) is 2.97. The quantitative estimate of drug-likeness (QED) is 0.689. The lowest BCUT2D eigenvalue weighted by molar-refractivity contribution is 0.0954. The lowest BCUT2D eigenvalue weighted by Crippen LogP contribution is -2.26. The monoisotopic (exact) mass is 274 g/mol. The number of H-pyrrole nitrogens is 1. The third-order valence-corrected chi connectivity index (χ3v) is 2.93. The minimum Gasteiger partial charge on any atom is -0.497 e. The van der Waals surface area contributed by atoms with E-state index in [1.165, 1.54) is 6.20 Å². The minimum atomic E-state index is -0.155. The predicted molar refractivity (Wildman–Crippen MR) is 76.6 cm³/mol. The SMILES string of the molecule is COc1ccc(-c2[nH]ncc2C(=O)NCCCN)cc1. The first-order chi connectivity index (χ1) is 9.76. The Morgan fingerprint density at radius 2 is 2.15 bits per heavy atom. The van der Waals surface area contributed by atoms with E-state index in [0.29, 0.717) is 24.3 Å². The van der Waals surface area contributed by atoms with Gasteiger partial charge in [-0.1, -0.05) is 0 Å². The van der Waals surface area contributed by atoms with E-state index in [1.807, 2.05) is 24.3 Å². The molecule has 20 heavy (non-hydrogen) atoms. The summed E-state index contributed by atoms with van der Waals surface area (Å²) in [5.41, 5.74) is 7.49. The fraction of sp³-hybridized carbons (Fsp3) is 0.286. The largest absolute Gasteiger partial charge is 0.497 e. The van der Waals surface area contributed by atoms with Gasteiger partial charge in [-0.3, -0.25) is 9.89 Å². The molecule has 1 aromatic carbocycles. The van der Waals surface area contributed by atoms with Crippen LogP contribution in [0.5, 0.6) is 5.75 Å². The van der Waals surface area contributed by atoms with E-state index in [-0.39, 0.29) is 5.91 Å². The van der Waals surface area contributed by atoms with Crippen LogP contribution in [0.3, 0.4) is 0 Å². The zero-order valence-corrected chi connectivity index (χ0v) is 11.3. The molecule has 106 valence electrons. The summed E-state index contributed by atoms with van der Waals surface area (Å²) in [7, 11) is 1.61. The van der Waals surface area contributed by atoms with Gasteiger partial charge in [0, 0.05) is 12.1 Å². The third-order valence-electron chi connectivity index (χ3n) is 2.93. The van der Waals surface area contributed by atoms with Crippen molar-refractivity contribution in [3.05, 3.63) is 36.0 Å². The van der Waals surface area contributed by atoms with Crippen molar-refractivity contribution in [1.82, 2.24) is 15.5 Å². The van der Waals surface area contributed by atoms with Gasteiger partial charge >= 0.3 is 0 Å². The average molecular weight is 274 g/mol. The van der Waals surface area contributed by atoms with Crippen LogP contribution < -0.4 is 15.8 Å². The maximum Gasteiger partial charge on any atom is 0.255 e. The molecule has 6 heteroatoms. The summed E-state index contributed by atoms with van der Waals surface area (Å²) in [6.45, 7) is 1.11. The van der Waals surface area contributed by atoms with E-state index in [9.17, 15) is 4.79 Å². The van der Waals surface area contributed by atoms with Crippen LogP contribution in [-0.4, -0.2) is 36.3 Å². The number of nitrogens with two attached hydrogens (primary N) is 1. The second-order valence-corrected chi connectivity index (χ2v) is 4.29. The van der Waals surface area contributed by atoms with Gasteiger partial charge in [0.25, 0.3) is 5.91 Å². The summed E-state index contributed by atoms with van der Waals surface area (Å²) in [5, 5.41) is 9.62. The highest BCUT2D eigenvalue weighted by Crippen LogP contribution is 2.23. The van der Waals surface area contributed by atoms with Gasteiger partial charge in [-0.25, -0.2) is 0 Å². The molecular weight excluding hydrogens is 256 g/mol. The number of amides is 1. The van der Waals surface area contributed by atoms with Gasteiger partial charge in [0.15, 0.2) is 0 Å². The second kappa shape index (κ2) is 6.72. The fourth-order valence-corrected chi connectivity index (χ4v) is 1.84. The Labute approximate surface area is 117 Å². The summed E-state index contributed by atoms with van der Waals surface area (Å²) < 4.78 is 5.11. The van der Waals surface area contributed by atoms with Crippen molar-refractivity contribution in [3.8, 4) is 17.0 Å². The molecule has 4 N–H and O–H groups in total. The number of ether oxygens (including phenoxy) is 1. The first-order valence-corrected chi connectivity index (χ1v) is 6.42. The van der Waals surface area contributed by atoms with Crippen LogP contribution in [0.25, 0.3) is 11.3 Å². The maximum atomic E-state index is 12.1. The lowest BCUT2D eigenvalue weighted by Gasteiger charge is -2.06. The number of hydrogen-bond donors (Lipinski definition) is 3. The Hall–Kier alpha value is -2.34. The Morgan fingerprint density at radius 1 is 1.40 bits per heavy atom. The highest BCUT2D eigenvalue weighted by Gasteiger charge is 2.14. The van der Waals surface area contributed by atoms with Gasteiger partial charge in [0.05, 0.1) is 24.6 Å². The molecule has 2 rings (SSSR count). The molecule has 2 aromatic rings. The van der Waals surface area contributed by atoms with E-state index < -0.39 is 0 Å². The summed E-state index contributed by atoms with van der Waals surface area (Å²) in [5.74, 6) is 0.611. The number of benzene rings is 1. The van der Waals surface area contributed by atoms with Crippen molar-refractivity contribution in [1.29, 1.82) is 0 Å². The first-order valence-electron chi connectivity index (χ1n) is 6.42. The number of carbonyl (C=O) groups is 1. The smallest absolute Gasteiger partial charge is 0.255 e. The van der Waals surface area contributed by atoms with Gasteiger partial charge < -0.3 is 15.8 Å². The number of methoxy groups -OCH3 is 1. The number of nitrogens with one attached hydrogen (secondary N) is 2. The second-order valence-electron chi connectivity index (χ2n) is 4.29. The fourth-order valence-electron chi connectivity index (χ4n) is 1.84. The summed E-state index contributed by atoms with van der Waals surface area (Å²) in [6.07, 6.45) is 2.28. The molecule has 0 atom stereocenters. The lowest BCUT2D eigenvalue weighted by atomic mass is 10.1. The van der Waals surface area contributed by atoms with Gasteiger partial charge in [-0.15, -0.1) is 0 Å². The molecule has 6 nitrogen and oxygen atoms in total. The van der Waals surface area contributed by atoms with Crippen LogP contribution in [0.15, 0.2) is 30.5 Å². The molecule has 1 heterocycles. The zero-order chi connectivity index (χ0) is 14.4. The maximum absolute atomic E-state index is 12.1. The summed E-state index contributed by atoms with van der Waals surface area (Å²) >= 11 is 0. The Balaban J connectivity index is 2.16. The van der Waals surface area contributed by atoms with E-state index in [1.54, 1.807) is 7.11 Å². The molecule has 0 bridgehead atoms. The third kappa shape index (κ3) is 3.16. The van der Waals surface area contributed by atoms with Gasteiger partial charge in [-0.2, -0.15) is 5.10 Å². The first kappa shape index (κ1) is 14.1. The van der Waals surface area contributed by atoms with Gasteiger partial charge in [-0.05, 0) is 37.2 Å². The highest BCUT2D eigenvalue weighted by molar-refractivity contribution is 5.99. The normalized spacial score (nSPS) is 10.3. The standard InChI is InChI=1S/C14H18N4O2/c1-20-11-5-3-10(4-6-11)13-12(9-17-18-13)14(19)16-8-2-7-15/h3-6,9H,2,7-8,15H2,1H3,(H,16,19)(H,17,18). The zero-order valence-electron chi connectivity index (χ0n) is 11.3. The van der Waals surface area contributed by atoms with Crippen LogP contribution >= 0.6 is 0 Å². The van der Waals surface area contributed by atoms with Crippen LogP contribution in [-0.2, 0) is 0 Å². The van der Waals surface area contributed by atoms with Crippen molar-refractivity contribution in [2.24, 2.45) is 5.73 Å². The summed E-state index contributed by atoms with van der Waals surface area (Å²) in [4.78, 5) is 12.1. The highest BCUT2D eigenvalue weighted by atomic mass is 16.5. The minimum absolute atomic E-state index is 0.155. The molecule has 0 spiro atoms. The molecule has 0 unspecified atom stereocenters. The number of carbonyl (C=O) groups excluding carboxylic acids is 1. The molecule has 0 radical (unpaired) electrons. The van der Waals surface area contributed by atoms with Gasteiger partial charge in [0.1, 0.15) is 5.75 Å².